The summed E-state index contributed by atoms with van der Waals surface area (Å²) in [5.74, 6) is 0. The molecule has 108 valence electrons. The molecule has 2 aromatic rings. The molecule has 2 aromatic heterocycles. The Hall–Kier alpha value is -1.89. The van der Waals surface area contributed by atoms with Gasteiger partial charge in [0.25, 0.3) is 0 Å². The third kappa shape index (κ3) is 2.98. The SMILES string of the molecule is CC(C)(C)S(=O)(=O)c1ccc(NCc2ccon2)cn1. The van der Waals surface area contributed by atoms with Crippen LogP contribution in [0.2, 0.25) is 0 Å². The van der Waals surface area contributed by atoms with Crippen molar-refractivity contribution in [3.8, 4) is 0 Å². The van der Waals surface area contributed by atoms with Crippen molar-refractivity contribution in [3.63, 3.8) is 0 Å². The molecule has 2 rings (SSSR count). The molecule has 20 heavy (non-hydrogen) atoms. The summed E-state index contributed by atoms with van der Waals surface area (Å²) in [5, 5.41) is 6.93. The molecule has 0 aliphatic carbocycles. The molecule has 0 radical (unpaired) electrons. The van der Waals surface area contributed by atoms with Crippen LogP contribution in [0.3, 0.4) is 0 Å². The zero-order valence-electron chi connectivity index (χ0n) is 11.6. The molecule has 0 amide bonds. The number of rotatable bonds is 4. The summed E-state index contributed by atoms with van der Waals surface area (Å²) in [6, 6.07) is 4.94. The summed E-state index contributed by atoms with van der Waals surface area (Å²) in [5.41, 5.74) is 1.48. The normalized spacial score (nSPS) is 12.3. The van der Waals surface area contributed by atoms with Gasteiger partial charge in [0.05, 0.1) is 23.2 Å². The van der Waals surface area contributed by atoms with Crippen LogP contribution in [0.4, 0.5) is 5.69 Å². The maximum absolute atomic E-state index is 12.2. The Morgan fingerprint density at radius 3 is 2.50 bits per heavy atom. The first-order valence-electron chi connectivity index (χ1n) is 6.14. The van der Waals surface area contributed by atoms with Gasteiger partial charge in [0.2, 0.25) is 0 Å². The smallest absolute Gasteiger partial charge is 0.200 e. The number of nitrogens with zero attached hydrogens (tertiary/aromatic N) is 2. The van der Waals surface area contributed by atoms with Gasteiger partial charge in [-0.2, -0.15) is 0 Å². The molecule has 0 aliphatic heterocycles. The van der Waals surface area contributed by atoms with E-state index < -0.39 is 14.6 Å². The van der Waals surface area contributed by atoms with Crippen LogP contribution in [0.5, 0.6) is 0 Å². The minimum absolute atomic E-state index is 0.0805. The number of hydrogen-bond donors (Lipinski definition) is 1. The second kappa shape index (κ2) is 5.24. The van der Waals surface area contributed by atoms with Crippen LogP contribution in [0.15, 0.2) is 40.2 Å². The highest BCUT2D eigenvalue weighted by atomic mass is 32.2. The van der Waals surface area contributed by atoms with Crippen LogP contribution in [0.25, 0.3) is 0 Å². The van der Waals surface area contributed by atoms with Crippen LogP contribution in [0, 0.1) is 0 Å². The molecule has 0 unspecified atom stereocenters. The molecule has 0 saturated carbocycles. The van der Waals surface area contributed by atoms with Crippen LogP contribution < -0.4 is 5.32 Å². The van der Waals surface area contributed by atoms with E-state index >= 15 is 0 Å². The Bertz CT molecular complexity index is 656. The molecule has 0 bridgehead atoms. The third-order valence-corrected chi connectivity index (χ3v) is 5.19. The zero-order valence-corrected chi connectivity index (χ0v) is 12.4. The average Bonchev–Trinajstić information content (AvgIpc) is 2.88. The number of hydrogen-bond acceptors (Lipinski definition) is 6. The highest BCUT2D eigenvalue weighted by Crippen LogP contribution is 2.23. The van der Waals surface area contributed by atoms with Gasteiger partial charge in [-0.3, -0.25) is 0 Å². The lowest BCUT2D eigenvalue weighted by atomic mass is 10.3. The van der Waals surface area contributed by atoms with Gasteiger partial charge < -0.3 is 9.84 Å². The highest BCUT2D eigenvalue weighted by Gasteiger charge is 2.31. The molecular formula is C13H17N3O3S. The van der Waals surface area contributed by atoms with E-state index in [1.807, 2.05) is 0 Å². The van der Waals surface area contributed by atoms with E-state index in [4.69, 9.17) is 4.52 Å². The molecule has 0 aromatic carbocycles. The molecule has 0 spiro atoms. The Balaban J connectivity index is 2.11. The van der Waals surface area contributed by atoms with Crippen molar-refractivity contribution in [2.24, 2.45) is 0 Å². The van der Waals surface area contributed by atoms with Crippen molar-refractivity contribution in [1.82, 2.24) is 10.1 Å². The second-order valence-corrected chi connectivity index (χ2v) is 8.00. The van der Waals surface area contributed by atoms with Gasteiger partial charge in [0, 0.05) is 6.07 Å². The number of nitrogens with one attached hydrogen (secondary N) is 1. The van der Waals surface area contributed by atoms with Crippen molar-refractivity contribution >= 4 is 15.5 Å². The van der Waals surface area contributed by atoms with E-state index in [-0.39, 0.29) is 5.03 Å². The predicted molar refractivity (Wildman–Crippen MR) is 75.0 cm³/mol. The van der Waals surface area contributed by atoms with E-state index in [2.05, 4.69) is 15.5 Å². The molecule has 2 heterocycles. The summed E-state index contributed by atoms with van der Waals surface area (Å²) in [6.07, 6.45) is 2.99. The number of pyridine rings is 1. The summed E-state index contributed by atoms with van der Waals surface area (Å²) >= 11 is 0. The predicted octanol–water partition coefficient (Wildman–Crippen LogP) is 2.25. The topological polar surface area (TPSA) is 85.1 Å². The Kier molecular flexibility index (Phi) is 3.80. The molecule has 6 nitrogen and oxygen atoms in total. The lowest BCUT2D eigenvalue weighted by molar-refractivity contribution is 0.412. The van der Waals surface area contributed by atoms with Gasteiger partial charge >= 0.3 is 0 Å². The highest BCUT2D eigenvalue weighted by molar-refractivity contribution is 7.92. The van der Waals surface area contributed by atoms with Gasteiger partial charge in [-0.15, -0.1) is 0 Å². The van der Waals surface area contributed by atoms with E-state index in [1.54, 1.807) is 32.9 Å². The number of sulfone groups is 1. The van der Waals surface area contributed by atoms with Crippen molar-refractivity contribution in [2.45, 2.75) is 37.1 Å². The van der Waals surface area contributed by atoms with E-state index in [1.165, 1.54) is 18.5 Å². The Morgan fingerprint density at radius 2 is 2.00 bits per heavy atom. The summed E-state index contributed by atoms with van der Waals surface area (Å²) in [4.78, 5) is 4.02. The molecule has 0 atom stereocenters. The zero-order chi connectivity index (χ0) is 14.8. The van der Waals surface area contributed by atoms with Gasteiger partial charge in [-0.05, 0) is 32.9 Å². The van der Waals surface area contributed by atoms with Crippen LogP contribution in [-0.2, 0) is 16.4 Å². The molecule has 7 heteroatoms. The maximum atomic E-state index is 12.2. The van der Waals surface area contributed by atoms with Crippen molar-refractivity contribution in [2.75, 3.05) is 5.32 Å². The molecule has 0 saturated heterocycles. The fourth-order valence-corrected chi connectivity index (χ4v) is 2.54. The molecular weight excluding hydrogens is 278 g/mol. The van der Waals surface area contributed by atoms with Gasteiger partial charge in [-0.1, -0.05) is 5.16 Å². The lowest BCUT2D eigenvalue weighted by Gasteiger charge is -2.18. The molecule has 0 fully saturated rings. The largest absolute Gasteiger partial charge is 0.378 e. The first-order valence-corrected chi connectivity index (χ1v) is 7.63. The van der Waals surface area contributed by atoms with Gasteiger partial charge in [0.1, 0.15) is 12.0 Å². The summed E-state index contributed by atoms with van der Waals surface area (Å²) in [6.45, 7) is 5.45. The van der Waals surface area contributed by atoms with E-state index in [0.29, 0.717) is 6.54 Å². The number of anilines is 1. The molecule has 0 aliphatic rings. The fourth-order valence-electron chi connectivity index (χ4n) is 1.48. The van der Waals surface area contributed by atoms with Gasteiger partial charge in [-0.25, -0.2) is 13.4 Å². The first kappa shape index (κ1) is 14.5. The maximum Gasteiger partial charge on any atom is 0.200 e. The standard InChI is InChI=1S/C13H17N3O3S/c1-13(2,3)20(17,18)12-5-4-10(8-15-12)14-9-11-6-7-19-16-11/h4-8,14H,9H2,1-3H3. The molecule has 1 N–H and O–H groups in total. The van der Waals surface area contributed by atoms with Gasteiger partial charge in [0.15, 0.2) is 14.9 Å². The summed E-state index contributed by atoms with van der Waals surface area (Å²) < 4.78 is 28.3. The van der Waals surface area contributed by atoms with Crippen molar-refractivity contribution < 1.29 is 12.9 Å². The number of aromatic nitrogens is 2. The minimum atomic E-state index is -3.42. The van der Waals surface area contributed by atoms with Crippen molar-refractivity contribution in [3.05, 3.63) is 36.4 Å². The first-order chi connectivity index (χ1) is 9.30. The average molecular weight is 295 g/mol. The van der Waals surface area contributed by atoms with Crippen LogP contribution in [-0.4, -0.2) is 23.3 Å². The van der Waals surface area contributed by atoms with Crippen LogP contribution in [0.1, 0.15) is 26.5 Å². The van der Waals surface area contributed by atoms with E-state index in [9.17, 15) is 8.42 Å². The third-order valence-electron chi connectivity index (χ3n) is 2.78. The second-order valence-electron chi connectivity index (χ2n) is 5.35. The monoisotopic (exact) mass is 295 g/mol. The minimum Gasteiger partial charge on any atom is -0.378 e. The summed E-state index contributed by atoms with van der Waals surface area (Å²) in [7, 11) is -3.42. The Morgan fingerprint density at radius 1 is 1.25 bits per heavy atom. The Labute approximate surface area is 118 Å². The lowest BCUT2D eigenvalue weighted by Crippen LogP contribution is -2.28. The van der Waals surface area contributed by atoms with Crippen molar-refractivity contribution in [1.29, 1.82) is 0 Å². The van der Waals surface area contributed by atoms with Crippen LogP contribution >= 0.6 is 0 Å². The fraction of sp³-hybridized carbons (Fsp3) is 0.385. The quantitative estimate of drug-likeness (QED) is 0.931. The van der Waals surface area contributed by atoms with E-state index in [0.717, 1.165) is 11.4 Å².